The van der Waals surface area contributed by atoms with Crippen LogP contribution in [0.2, 0.25) is 0 Å². The molecule has 0 bridgehead atoms. The Kier molecular flexibility index (Phi) is 7.16. The fourth-order valence-corrected chi connectivity index (χ4v) is 2.74. The second-order valence-electron chi connectivity index (χ2n) is 5.42. The number of aromatic nitrogens is 1. The molecular formula is C18H23N2O3P. The summed E-state index contributed by atoms with van der Waals surface area (Å²) < 4.78 is 6.76. The third kappa shape index (κ3) is 5.59. The number of benzene rings is 1. The Morgan fingerprint density at radius 2 is 2.00 bits per heavy atom. The fraction of sp³-hybridized carbons (Fsp3) is 0.333. The van der Waals surface area contributed by atoms with Gasteiger partial charge < -0.3 is 14.6 Å². The molecule has 1 heterocycles. The van der Waals surface area contributed by atoms with E-state index in [0.717, 1.165) is 12.0 Å². The summed E-state index contributed by atoms with van der Waals surface area (Å²) in [6.45, 7) is 3.38. The molecule has 0 aliphatic carbocycles. The van der Waals surface area contributed by atoms with Gasteiger partial charge in [-0.2, -0.15) is 0 Å². The molecule has 0 fully saturated rings. The Morgan fingerprint density at radius 1 is 1.25 bits per heavy atom. The van der Waals surface area contributed by atoms with E-state index < -0.39 is 0 Å². The molecule has 0 aliphatic heterocycles. The van der Waals surface area contributed by atoms with Gasteiger partial charge in [-0.15, -0.1) is 9.24 Å². The second kappa shape index (κ2) is 9.36. The molecule has 5 nitrogen and oxygen atoms in total. The standard InChI is InChI=1S/C18H23N2O3P/c1-2-23-11-10-20-13-15(8-9-17(20)21)18(22)19-16(24)12-14-6-4-3-5-7-14/h3-9,13,16H,2,10-12,24H2,1H3,(H,19,22). The number of rotatable bonds is 8. The number of hydrogen-bond acceptors (Lipinski definition) is 3. The third-order valence-electron chi connectivity index (χ3n) is 3.54. The van der Waals surface area contributed by atoms with Crippen LogP contribution in [-0.4, -0.2) is 29.5 Å². The molecule has 0 aliphatic rings. The van der Waals surface area contributed by atoms with Gasteiger partial charge in [-0.05, 0) is 25.0 Å². The molecule has 0 radical (unpaired) electrons. The van der Waals surface area contributed by atoms with Gasteiger partial charge in [0, 0.05) is 31.2 Å². The van der Waals surface area contributed by atoms with E-state index in [-0.39, 0.29) is 17.2 Å². The number of amides is 1. The van der Waals surface area contributed by atoms with Crippen LogP contribution in [0.1, 0.15) is 22.8 Å². The minimum absolute atomic E-state index is 0.0799. The average Bonchev–Trinajstić information content (AvgIpc) is 2.57. The van der Waals surface area contributed by atoms with E-state index in [1.54, 1.807) is 12.3 Å². The van der Waals surface area contributed by atoms with Gasteiger partial charge in [0.25, 0.3) is 11.5 Å². The minimum Gasteiger partial charge on any atom is -0.380 e. The molecule has 0 saturated heterocycles. The quantitative estimate of drug-likeness (QED) is 0.588. The van der Waals surface area contributed by atoms with Crippen molar-refractivity contribution in [3.8, 4) is 0 Å². The topological polar surface area (TPSA) is 60.3 Å². The second-order valence-corrected chi connectivity index (χ2v) is 6.22. The highest BCUT2D eigenvalue weighted by Gasteiger charge is 2.11. The van der Waals surface area contributed by atoms with Crippen molar-refractivity contribution in [1.82, 2.24) is 9.88 Å². The van der Waals surface area contributed by atoms with Crippen molar-refractivity contribution < 1.29 is 9.53 Å². The number of nitrogens with zero attached hydrogens (tertiary/aromatic N) is 1. The van der Waals surface area contributed by atoms with Gasteiger partial charge >= 0.3 is 0 Å². The highest BCUT2D eigenvalue weighted by molar-refractivity contribution is 7.17. The fourth-order valence-electron chi connectivity index (χ4n) is 2.32. The van der Waals surface area contributed by atoms with E-state index in [1.807, 2.05) is 37.3 Å². The zero-order valence-electron chi connectivity index (χ0n) is 13.8. The van der Waals surface area contributed by atoms with Crippen LogP contribution in [0.5, 0.6) is 0 Å². The molecule has 1 aromatic heterocycles. The monoisotopic (exact) mass is 346 g/mol. The van der Waals surface area contributed by atoms with Crippen LogP contribution in [0.3, 0.4) is 0 Å². The number of carbonyl (C=O) groups excluding carboxylic acids is 1. The van der Waals surface area contributed by atoms with Gasteiger partial charge in [0.15, 0.2) is 0 Å². The highest BCUT2D eigenvalue weighted by Crippen LogP contribution is 2.09. The van der Waals surface area contributed by atoms with Gasteiger partial charge in [0.05, 0.1) is 12.2 Å². The Balaban J connectivity index is 1.98. The molecule has 24 heavy (non-hydrogen) atoms. The van der Waals surface area contributed by atoms with Crippen molar-refractivity contribution >= 4 is 15.1 Å². The summed E-state index contributed by atoms with van der Waals surface area (Å²) in [6.07, 6.45) is 2.30. The van der Waals surface area contributed by atoms with E-state index in [9.17, 15) is 9.59 Å². The first-order chi connectivity index (χ1) is 11.6. The molecular weight excluding hydrogens is 323 g/mol. The van der Waals surface area contributed by atoms with Crippen molar-refractivity contribution in [2.24, 2.45) is 0 Å². The smallest absolute Gasteiger partial charge is 0.253 e. The summed E-state index contributed by atoms with van der Waals surface area (Å²) in [4.78, 5) is 24.2. The van der Waals surface area contributed by atoms with Crippen LogP contribution < -0.4 is 10.9 Å². The van der Waals surface area contributed by atoms with Crippen LogP contribution in [0.4, 0.5) is 0 Å². The molecule has 0 spiro atoms. The highest BCUT2D eigenvalue weighted by atomic mass is 31.0. The number of carbonyl (C=O) groups is 1. The maximum Gasteiger partial charge on any atom is 0.253 e. The zero-order valence-corrected chi connectivity index (χ0v) is 14.9. The number of hydrogen-bond donors (Lipinski definition) is 1. The van der Waals surface area contributed by atoms with E-state index >= 15 is 0 Å². The van der Waals surface area contributed by atoms with Crippen LogP contribution in [0.15, 0.2) is 53.5 Å². The maximum atomic E-state index is 12.4. The first-order valence-corrected chi connectivity index (χ1v) is 8.65. The minimum atomic E-state index is -0.198. The van der Waals surface area contributed by atoms with Gasteiger partial charge in [0.2, 0.25) is 0 Å². The van der Waals surface area contributed by atoms with E-state index in [0.29, 0.717) is 25.3 Å². The van der Waals surface area contributed by atoms with Crippen molar-refractivity contribution in [1.29, 1.82) is 0 Å². The van der Waals surface area contributed by atoms with Gasteiger partial charge in [-0.1, -0.05) is 30.3 Å². The predicted molar refractivity (Wildman–Crippen MR) is 98.3 cm³/mol. The average molecular weight is 346 g/mol. The number of pyridine rings is 1. The van der Waals surface area contributed by atoms with Crippen molar-refractivity contribution in [2.75, 3.05) is 13.2 Å². The summed E-state index contributed by atoms with van der Waals surface area (Å²) >= 11 is 0. The molecule has 128 valence electrons. The molecule has 0 saturated carbocycles. The molecule has 1 N–H and O–H groups in total. The van der Waals surface area contributed by atoms with Crippen LogP contribution in [0.25, 0.3) is 0 Å². The lowest BCUT2D eigenvalue weighted by molar-refractivity contribution is 0.0948. The zero-order chi connectivity index (χ0) is 17.4. The number of ether oxygens (including phenoxy) is 1. The summed E-state index contributed by atoms with van der Waals surface area (Å²) in [5.74, 6) is -0.278. The first-order valence-electron chi connectivity index (χ1n) is 7.98. The Morgan fingerprint density at radius 3 is 2.71 bits per heavy atom. The number of nitrogens with one attached hydrogen (secondary N) is 1. The lowest BCUT2D eigenvalue weighted by atomic mass is 10.1. The van der Waals surface area contributed by atoms with Crippen LogP contribution in [0, 0.1) is 0 Å². The molecule has 6 heteroatoms. The summed E-state index contributed by atoms with van der Waals surface area (Å²) in [5.41, 5.74) is 1.48. The normalized spacial score (nSPS) is 11.9. The summed E-state index contributed by atoms with van der Waals surface area (Å²) in [6, 6.07) is 12.9. The van der Waals surface area contributed by atoms with Crippen molar-refractivity contribution in [2.45, 2.75) is 25.7 Å². The summed E-state index contributed by atoms with van der Waals surface area (Å²) in [7, 11) is 2.64. The van der Waals surface area contributed by atoms with Gasteiger partial charge in [-0.25, -0.2) is 0 Å². The molecule has 2 rings (SSSR count). The van der Waals surface area contributed by atoms with E-state index in [4.69, 9.17) is 4.74 Å². The third-order valence-corrected chi connectivity index (χ3v) is 3.94. The van der Waals surface area contributed by atoms with Crippen LogP contribution >= 0.6 is 9.24 Å². The Bertz CT molecular complexity index is 716. The Labute approximate surface area is 144 Å². The lowest BCUT2D eigenvalue weighted by Gasteiger charge is -2.14. The largest absolute Gasteiger partial charge is 0.380 e. The maximum absolute atomic E-state index is 12.4. The van der Waals surface area contributed by atoms with Crippen molar-refractivity contribution in [3.63, 3.8) is 0 Å². The van der Waals surface area contributed by atoms with Gasteiger partial charge in [-0.3, -0.25) is 9.59 Å². The molecule has 1 aromatic carbocycles. The Hall–Kier alpha value is -1.97. The van der Waals surface area contributed by atoms with E-state index in [1.165, 1.54) is 10.6 Å². The lowest BCUT2D eigenvalue weighted by Crippen LogP contribution is -2.33. The summed E-state index contributed by atoms with van der Waals surface area (Å²) in [5, 5.41) is 2.94. The van der Waals surface area contributed by atoms with Crippen LogP contribution in [-0.2, 0) is 17.7 Å². The SMILES string of the molecule is CCOCCn1cc(C(=O)NC(P)Cc2ccccc2)ccc1=O. The first kappa shape index (κ1) is 18.4. The molecule has 2 unspecified atom stereocenters. The molecule has 2 atom stereocenters. The molecule has 2 aromatic rings. The van der Waals surface area contributed by atoms with Crippen molar-refractivity contribution in [3.05, 3.63) is 70.1 Å². The molecule has 1 amide bonds. The van der Waals surface area contributed by atoms with Gasteiger partial charge in [0.1, 0.15) is 0 Å². The predicted octanol–water partition coefficient (Wildman–Crippen LogP) is 2.06. The van der Waals surface area contributed by atoms with E-state index in [2.05, 4.69) is 14.6 Å².